The molecule has 3 nitrogen and oxygen atoms in total. The smallest absolute Gasteiger partial charge is 0.186 e. The molecular formula is C19H18N2O. The minimum Gasteiger partial charge on any atom is -0.360 e. The molecule has 1 atom stereocenters. The van der Waals surface area contributed by atoms with E-state index in [9.17, 15) is 4.79 Å². The molecule has 1 heterocycles. The lowest BCUT2D eigenvalue weighted by atomic mass is 9.97. The molecule has 0 spiro atoms. The monoisotopic (exact) mass is 290 g/mol. The molecule has 3 heteroatoms. The number of para-hydroxylation sites is 1. The number of Topliss-reactive ketones (excluding diaryl/α,β-unsaturated/α-hetero) is 1. The molecule has 1 aliphatic carbocycles. The molecule has 1 aliphatic rings. The second-order valence-corrected chi connectivity index (χ2v) is 5.90. The molecule has 0 aliphatic heterocycles. The van der Waals surface area contributed by atoms with E-state index in [1.165, 1.54) is 0 Å². The van der Waals surface area contributed by atoms with Gasteiger partial charge in [0.25, 0.3) is 0 Å². The number of benzene rings is 2. The van der Waals surface area contributed by atoms with Crippen LogP contribution in [-0.2, 0) is 0 Å². The van der Waals surface area contributed by atoms with Crippen LogP contribution in [0.4, 0.5) is 0 Å². The van der Waals surface area contributed by atoms with E-state index in [1.807, 2.05) is 60.8 Å². The maximum absolute atomic E-state index is 13.1. The van der Waals surface area contributed by atoms with Gasteiger partial charge in [0.1, 0.15) is 0 Å². The van der Waals surface area contributed by atoms with Crippen molar-refractivity contribution >= 4 is 16.7 Å². The molecule has 0 unspecified atom stereocenters. The van der Waals surface area contributed by atoms with Crippen molar-refractivity contribution in [1.82, 2.24) is 10.3 Å². The predicted octanol–water partition coefficient (Wildman–Crippen LogP) is 3.84. The van der Waals surface area contributed by atoms with Gasteiger partial charge in [-0.1, -0.05) is 48.5 Å². The Kier molecular flexibility index (Phi) is 3.28. The van der Waals surface area contributed by atoms with E-state index in [1.54, 1.807) is 0 Å². The Bertz CT molecular complexity index is 802. The van der Waals surface area contributed by atoms with Crippen LogP contribution in [0.3, 0.4) is 0 Å². The first kappa shape index (κ1) is 13.3. The van der Waals surface area contributed by atoms with Gasteiger partial charge in [0.15, 0.2) is 5.78 Å². The minimum atomic E-state index is -0.270. The average Bonchev–Trinajstić information content (AvgIpc) is 3.29. The maximum Gasteiger partial charge on any atom is 0.186 e. The number of H-pyrrole nitrogens is 1. The van der Waals surface area contributed by atoms with Gasteiger partial charge in [-0.05, 0) is 24.5 Å². The Morgan fingerprint density at radius 2 is 1.77 bits per heavy atom. The predicted molar refractivity (Wildman–Crippen MR) is 88.0 cm³/mol. The van der Waals surface area contributed by atoms with E-state index in [4.69, 9.17) is 0 Å². The number of hydrogen-bond donors (Lipinski definition) is 2. The standard InChI is InChI=1S/C19H18N2O/c22-19(16-12-20-17-9-5-4-8-15(16)17)18(21-14-10-11-14)13-6-2-1-3-7-13/h1-9,12,14,18,20-21H,10-11H2/t18-/m0/s1. The lowest BCUT2D eigenvalue weighted by Gasteiger charge is -2.17. The summed E-state index contributed by atoms with van der Waals surface area (Å²) in [6.07, 6.45) is 4.15. The van der Waals surface area contributed by atoms with Crippen LogP contribution in [0.25, 0.3) is 10.9 Å². The lowest BCUT2D eigenvalue weighted by molar-refractivity contribution is 0.0943. The molecule has 3 aromatic rings. The third-order valence-electron chi connectivity index (χ3n) is 4.23. The first-order valence-corrected chi connectivity index (χ1v) is 7.74. The van der Waals surface area contributed by atoms with Gasteiger partial charge in [0.2, 0.25) is 0 Å². The summed E-state index contributed by atoms with van der Waals surface area (Å²) in [4.78, 5) is 16.3. The Balaban J connectivity index is 1.73. The largest absolute Gasteiger partial charge is 0.360 e. The van der Waals surface area contributed by atoms with E-state index >= 15 is 0 Å². The zero-order valence-corrected chi connectivity index (χ0v) is 12.3. The fourth-order valence-corrected chi connectivity index (χ4v) is 2.89. The summed E-state index contributed by atoms with van der Waals surface area (Å²) in [6, 6.07) is 18.1. The Morgan fingerprint density at radius 3 is 2.55 bits per heavy atom. The number of hydrogen-bond acceptors (Lipinski definition) is 2. The molecule has 0 radical (unpaired) electrons. The van der Waals surface area contributed by atoms with Crippen molar-refractivity contribution in [2.24, 2.45) is 0 Å². The molecule has 1 aromatic heterocycles. The summed E-state index contributed by atoms with van der Waals surface area (Å²) < 4.78 is 0. The second kappa shape index (κ2) is 5.43. The zero-order valence-electron chi connectivity index (χ0n) is 12.3. The molecule has 110 valence electrons. The quantitative estimate of drug-likeness (QED) is 0.701. The summed E-state index contributed by atoms with van der Waals surface area (Å²) >= 11 is 0. The number of nitrogens with one attached hydrogen (secondary N) is 2. The van der Waals surface area contributed by atoms with Gasteiger partial charge in [0.05, 0.1) is 6.04 Å². The number of carbonyl (C=O) groups excluding carboxylic acids is 1. The fourth-order valence-electron chi connectivity index (χ4n) is 2.89. The molecule has 22 heavy (non-hydrogen) atoms. The highest BCUT2D eigenvalue weighted by molar-refractivity contribution is 6.10. The maximum atomic E-state index is 13.1. The van der Waals surface area contributed by atoms with E-state index in [-0.39, 0.29) is 11.8 Å². The Hall–Kier alpha value is -2.39. The summed E-state index contributed by atoms with van der Waals surface area (Å²) in [6.45, 7) is 0. The second-order valence-electron chi connectivity index (χ2n) is 5.90. The molecule has 0 saturated heterocycles. The van der Waals surface area contributed by atoms with Gasteiger partial charge in [-0.15, -0.1) is 0 Å². The average molecular weight is 290 g/mol. The Morgan fingerprint density at radius 1 is 1.05 bits per heavy atom. The highest BCUT2D eigenvalue weighted by Crippen LogP contribution is 2.28. The van der Waals surface area contributed by atoms with Crippen molar-refractivity contribution in [2.45, 2.75) is 24.9 Å². The molecule has 4 rings (SSSR count). The van der Waals surface area contributed by atoms with Gasteiger partial charge < -0.3 is 10.3 Å². The van der Waals surface area contributed by atoms with Gasteiger partial charge >= 0.3 is 0 Å². The van der Waals surface area contributed by atoms with E-state index in [0.717, 1.165) is 34.9 Å². The molecular weight excluding hydrogens is 272 g/mol. The highest BCUT2D eigenvalue weighted by atomic mass is 16.1. The third kappa shape index (κ3) is 2.44. The zero-order chi connectivity index (χ0) is 14.9. The number of aromatic nitrogens is 1. The van der Waals surface area contributed by atoms with E-state index in [0.29, 0.717) is 6.04 Å². The van der Waals surface area contributed by atoms with E-state index < -0.39 is 0 Å². The van der Waals surface area contributed by atoms with Crippen molar-refractivity contribution < 1.29 is 4.79 Å². The third-order valence-corrected chi connectivity index (χ3v) is 4.23. The van der Waals surface area contributed by atoms with Gasteiger partial charge in [-0.3, -0.25) is 4.79 Å². The molecule has 1 fully saturated rings. The molecule has 1 saturated carbocycles. The topological polar surface area (TPSA) is 44.9 Å². The van der Waals surface area contributed by atoms with Gasteiger partial charge in [0, 0.05) is 28.7 Å². The summed E-state index contributed by atoms with van der Waals surface area (Å²) in [5.74, 6) is 0.135. The van der Waals surface area contributed by atoms with Crippen molar-refractivity contribution in [2.75, 3.05) is 0 Å². The summed E-state index contributed by atoms with van der Waals surface area (Å²) in [5, 5.41) is 4.49. The summed E-state index contributed by atoms with van der Waals surface area (Å²) in [5.41, 5.74) is 2.80. The number of carbonyl (C=O) groups is 1. The van der Waals surface area contributed by atoms with Crippen LogP contribution in [0.15, 0.2) is 60.8 Å². The van der Waals surface area contributed by atoms with Crippen LogP contribution in [-0.4, -0.2) is 16.8 Å². The van der Waals surface area contributed by atoms with Crippen LogP contribution in [0.2, 0.25) is 0 Å². The first-order valence-electron chi connectivity index (χ1n) is 7.74. The van der Waals surface area contributed by atoms with Crippen molar-refractivity contribution in [3.05, 3.63) is 71.9 Å². The summed E-state index contributed by atoms with van der Waals surface area (Å²) in [7, 11) is 0. The van der Waals surface area contributed by atoms with Crippen LogP contribution >= 0.6 is 0 Å². The lowest BCUT2D eigenvalue weighted by Crippen LogP contribution is -2.30. The Labute approximate surface area is 129 Å². The number of ketones is 1. The van der Waals surface area contributed by atoms with Crippen LogP contribution in [0.5, 0.6) is 0 Å². The molecule has 0 amide bonds. The first-order chi connectivity index (χ1) is 10.8. The molecule has 2 aromatic carbocycles. The van der Waals surface area contributed by atoms with Gasteiger partial charge in [-0.2, -0.15) is 0 Å². The fraction of sp³-hybridized carbons (Fsp3) is 0.211. The minimum absolute atomic E-state index is 0.135. The SMILES string of the molecule is O=C(c1c[nH]c2ccccc12)[C@@H](NC1CC1)c1ccccc1. The van der Waals surface area contributed by atoms with E-state index in [2.05, 4.69) is 10.3 Å². The number of rotatable bonds is 5. The van der Waals surface area contributed by atoms with Crippen LogP contribution in [0, 0.1) is 0 Å². The molecule has 2 N–H and O–H groups in total. The van der Waals surface area contributed by atoms with Gasteiger partial charge in [-0.25, -0.2) is 0 Å². The van der Waals surface area contributed by atoms with Crippen LogP contribution in [0.1, 0.15) is 34.8 Å². The number of aromatic amines is 1. The normalized spacial score (nSPS) is 15.8. The molecule has 0 bridgehead atoms. The highest BCUT2D eigenvalue weighted by Gasteiger charge is 2.30. The van der Waals surface area contributed by atoms with Crippen molar-refractivity contribution in [1.29, 1.82) is 0 Å². The van der Waals surface area contributed by atoms with Crippen molar-refractivity contribution in [3.8, 4) is 0 Å². The van der Waals surface area contributed by atoms with Crippen molar-refractivity contribution in [3.63, 3.8) is 0 Å². The number of fused-ring (bicyclic) bond motifs is 1. The van der Waals surface area contributed by atoms with Crippen LogP contribution < -0.4 is 5.32 Å².